The van der Waals surface area contributed by atoms with E-state index in [0.29, 0.717) is 18.3 Å². The number of amides is 1. The number of nitrogens with one attached hydrogen (secondary N) is 1. The van der Waals surface area contributed by atoms with Crippen LogP contribution in [0.15, 0.2) is 24.3 Å². The molecule has 0 aliphatic carbocycles. The lowest BCUT2D eigenvalue weighted by Gasteiger charge is -2.32. The maximum Gasteiger partial charge on any atom is 0.247 e. The second-order valence-corrected chi connectivity index (χ2v) is 7.53. The van der Waals surface area contributed by atoms with Gasteiger partial charge in [-0.2, -0.15) is 0 Å². The third kappa shape index (κ3) is 4.91. The van der Waals surface area contributed by atoms with Gasteiger partial charge in [-0.05, 0) is 41.5 Å². The Morgan fingerprint density at radius 3 is 2.79 bits per heavy atom. The molecule has 10 heteroatoms. The number of piperazine rings is 1. The zero-order valence-corrected chi connectivity index (χ0v) is 17.3. The minimum atomic E-state index is -0.571. The lowest BCUT2D eigenvalue weighted by molar-refractivity contribution is -0.134. The number of hydrogen-bond acceptors (Lipinski definition) is 6. The predicted octanol–water partition coefficient (Wildman–Crippen LogP) is 0.832. The van der Waals surface area contributed by atoms with Crippen LogP contribution in [-0.2, 0) is 11.2 Å². The Labute approximate surface area is 175 Å². The fourth-order valence-corrected chi connectivity index (χ4v) is 4.19. The van der Waals surface area contributed by atoms with E-state index in [1.165, 1.54) is 12.1 Å². The van der Waals surface area contributed by atoms with Crippen LogP contribution in [-0.4, -0.2) is 81.2 Å². The van der Waals surface area contributed by atoms with Gasteiger partial charge in [-0.25, -0.2) is 9.07 Å². The monoisotopic (exact) mass is 423 g/mol. The number of nitrogens with zero attached hydrogens (tertiary/aromatic N) is 6. The molecule has 3 heterocycles. The van der Waals surface area contributed by atoms with E-state index in [4.69, 9.17) is 0 Å². The van der Waals surface area contributed by atoms with Crippen LogP contribution in [0.5, 0.6) is 0 Å². The first-order valence-electron chi connectivity index (χ1n) is 9.84. The van der Waals surface area contributed by atoms with E-state index in [0.717, 1.165) is 51.3 Å². The van der Waals surface area contributed by atoms with Crippen molar-refractivity contribution in [2.24, 2.45) is 0 Å². The van der Waals surface area contributed by atoms with Crippen molar-refractivity contribution >= 4 is 18.3 Å². The number of halogens is 2. The summed E-state index contributed by atoms with van der Waals surface area (Å²) in [7, 11) is 0. The highest BCUT2D eigenvalue weighted by molar-refractivity contribution is 5.85. The van der Waals surface area contributed by atoms with E-state index in [2.05, 4.69) is 25.7 Å². The average Bonchev–Trinajstić information content (AvgIpc) is 3.36. The second kappa shape index (κ2) is 9.60. The highest BCUT2D eigenvalue weighted by Gasteiger charge is 2.35. The zero-order chi connectivity index (χ0) is 19.5. The summed E-state index contributed by atoms with van der Waals surface area (Å²) in [5.41, 5.74) is 0.756. The Morgan fingerprint density at radius 2 is 2.10 bits per heavy atom. The van der Waals surface area contributed by atoms with Gasteiger partial charge in [-0.1, -0.05) is 12.1 Å². The van der Waals surface area contributed by atoms with Crippen LogP contribution < -0.4 is 5.32 Å². The van der Waals surface area contributed by atoms with Crippen molar-refractivity contribution in [3.63, 3.8) is 0 Å². The molecule has 1 aromatic heterocycles. The Hall–Kier alpha value is -2.10. The molecule has 0 saturated carbocycles. The molecule has 1 amide bonds. The molecule has 2 saturated heterocycles. The summed E-state index contributed by atoms with van der Waals surface area (Å²) in [5, 5.41) is 15.0. The number of benzene rings is 1. The largest absolute Gasteiger partial charge is 0.339 e. The van der Waals surface area contributed by atoms with Gasteiger partial charge in [0.05, 0.1) is 0 Å². The number of rotatable bonds is 5. The van der Waals surface area contributed by atoms with E-state index < -0.39 is 6.04 Å². The fraction of sp³-hybridized carbons (Fsp3) is 0.579. The number of aromatic nitrogens is 4. The molecule has 0 bridgehead atoms. The van der Waals surface area contributed by atoms with Crippen molar-refractivity contribution in [3.05, 3.63) is 41.5 Å². The van der Waals surface area contributed by atoms with Crippen LogP contribution in [0.25, 0.3) is 0 Å². The number of hydrogen-bond donors (Lipinski definition) is 1. The van der Waals surface area contributed by atoms with E-state index in [1.54, 1.807) is 17.7 Å². The first kappa shape index (κ1) is 21.6. The maximum absolute atomic E-state index is 13.6. The van der Waals surface area contributed by atoms with Crippen molar-refractivity contribution in [1.29, 1.82) is 0 Å². The summed E-state index contributed by atoms with van der Waals surface area (Å²) >= 11 is 0. The molecule has 2 aliphatic heterocycles. The van der Waals surface area contributed by atoms with Gasteiger partial charge in [-0.3, -0.25) is 9.69 Å². The molecule has 158 valence electrons. The predicted molar refractivity (Wildman–Crippen MR) is 108 cm³/mol. The summed E-state index contributed by atoms with van der Waals surface area (Å²) in [6.07, 6.45) is 1.34. The van der Waals surface area contributed by atoms with Gasteiger partial charge in [0, 0.05) is 51.7 Å². The SMILES string of the molecule is Cc1nnnn1C(Cc1cccc(F)c1)C(=O)N1CCC(N2CCNCC2)C1.Cl. The van der Waals surface area contributed by atoms with Gasteiger partial charge in [0.2, 0.25) is 5.91 Å². The van der Waals surface area contributed by atoms with Crippen molar-refractivity contribution in [1.82, 2.24) is 35.3 Å². The summed E-state index contributed by atoms with van der Waals surface area (Å²) in [6.45, 7) is 7.26. The van der Waals surface area contributed by atoms with Gasteiger partial charge >= 0.3 is 0 Å². The van der Waals surface area contributed by atoms with Crippen LogP contribution in [0.4, 0.5) is 4.39 Å². The smallest absolute Gasteiger partial charge is 0.247 e. The highest BCUT2D eigenvalue weighted by atomic mass is 35.5. The number of aryl methyl sites for hydroxylation is 1. The molecule has 2 atom stereocenters. The zero-order valence-electron chi connectivity index (χ0n) is 16.5. The third-order valence-electron chi connectivity index (χ3n) is 5.70. The molecule has 2 aromatic rings. The first-order valence-corrected chi connectivity index (χ1v) is 9.84. The Balaban J connectivity index is 0.00000240. The minimum Gasteiger partial charge on any atom is -0.339 e. The van der Waals surface area contributed by atoms with E-state index in [-0.39, 0.29) is 24.1 Å². The molecule has 2 aliphatic rings. The molecule has 1 N–H and O–H groups in total. The van der Waals surface area contributed by atoms with E-state index in [1.807, 2.05) is 11.0 Å². The van der Waals surface area contributed by atoms with Crippen molar-refractivity contribution in [2.45, 2.75) is 31.8 Å². The number of tetrazole rings is 1. The molecule has 8 nitrogen and oxygen atoms in total. The summed E-state index contributed by atoms with van der Waals surface area (Å²) < 4.78 is 15.2. The van der Waals surface area contributed by atoms with E-state index in [9.17, 15) is 9.18 Å². The lowest BCUT2D eigenvalue weighted by atomic mass is 10.0. The minimum absolute atomic E-state index is 0. The molecule has 0 radical (unpaired) electrons. The van der Waals surface area contributed by atoms with Gasteiger partial charge in [0.1, 0.15) is 17.7 Å². The molecule has 2 unspecified atom stereocenters. The second-order valence-electron chi connectivity index (χ2n) is 7.53. The number of likely N-dealkylation sites (tertiary alicyclic amines) is 1. The molecule has 0 spiro atoms. The molecular formula is C19H27ClFN7O. The first-order chi connectivity index (χ1) is 13.6. The van der Waals surface area contributed by atoms with Crippen LogP contribution >= 0.6 is 12.4 Å². The molecular weight excluding hydrogens is 397 g/mol. The maximum atomic E-state index is 13.6. The van der Waals surface area contributed by atoms with Crippen molar-refractivity contribution in [3.8, 4) is 0 Å². The van der Waals surface area contributed by atoms with Crippen molar-refractivity contribution in [2.75, 3.05) is 39.3 Å². The standard InChI is InChI=1S/C19H26FN7O.ClH/c1-14-22-23-24-27(14)18(12-15-3-2-4-16(20)11-15)19(28)26-8-5-17(13-26)25-9-6-21-7-10-25;/h2-4,11,17-18,21H,5-10,12-13H2,1H3;1H. The summed E-state index contributed by atoms with van der Waals surface area (Å²) in [5.74, 6) is 0.266. The summed E-state index contributed by atoms with van der Waals surface area (Å²) in [4.78, 5) is 17.8. The highest BCUT2D eigenvalue weighted by Crippen LogP contribution is 2.23. The lowest BCUT2D eigenvalue weighted by Crippen LogP contribution is -2.49. The Morgan fingerprint density at radius 1 is 1.31 bits per heavy atom. The normalized spacial score (nSPS) is 21.0. The quantitative estimate of drug-likeness (QED) is 0.767. The Bertz CT molecular complexity index is 826. The van der Waals surface area contributed by atoms with Gasteiger partial charge in [0.15, 0.2) is 0 Å². The summed E-state index contributed by atoms with van der Waals surface area (Å²) in [6, 6.07) is 6.19. The molecule has 29 heavy (non-hydrogen) atoms. The van der Waals surface area contributed by atoms with Gasteiger partial charge < -0.3 is 10.2 Å². The van der Waals surface area contributed by atoms with Crippen LogP contribution in [0.2, 0.25) is 0 Å². The van der Waals surface area contributed by atoms with Crippen LogP contribution in [0.3, 0.4) is 0 Å². The van der Waals surface area contributed by atoms with Crippen LogP contribution in [0.1, 0.15) is 23.9 Å². The van der Waals surface area contributed by atoms with Gasteiger partial charge in [0.25, 0.3) is 0 Å². The number of carbonyl (C=O) groups excluding carboxylic acids is 1. The molecule has 2 fully saturated rings. The van der Waals surface area contributed by atoms with Crippen molar-refractivity contribution < 1.29 is 9.18 Å². The van der Waals surface area contributed by atoms with Crippen LogP contribution in [0, 0.1) is 12.7 Å². The molecule has 4 rings (SSSR count). The Kier molecular flexibility index (Phi) is 7.15. The average molecular weight is 424 g/mol. The number of carbonyl (C=O) groups is 1. The fourth-order valence-electron chi connectivity index (χ4n) is 4.19. The topological polar surface area (TPSA) is 79.2 Å². The van der Waals surface area contributed by atoms with Gasteiger partial charge in [-0.15, -0.1) is 17.5 Å². The third-order valence-corrected chi connectivity index (χ3v) is 5.70. The van der Waals surface area contributed by atoms with E-state index >= 15 is 0 Å². The molecule has 1 aromatic carbocycles.